The lowest BCUT2D eigenvalue weighted by molar-refractivity contribution is -0.119. The second-order valence-corrected chi connectivity index (χ2v) is 5.52. The van der Waals surface area contributed by atoms with E-state index in [0.29, 0.717) is 18.5 Å². The summed E-state index contributed by atoms with van der Waals surface area (Å²) in [6.45, 7) is 2.30. The zero-order valence-electron chi connectivity index (χ0n) is 12.8. The fourth-order valence-electron chi connectivity index (χ4n) is 2.85. The number of ketones is 1. The maximum absolute atomic E-state index is 12.4. The lowest BCUT2D eigenvalue weighted by Crippen LogP contribution is -2.23. The van der Waals surface area contributed by atoms with Gasteiger partial charge in [0.1, 0.15) is 5.92 Å². The van der Waals surface area contributed by atoms with Gasteiger partial charge in [-0.15, -0.1) is 0 Å². The van der Waals surface area contributed by atoms with Gasteiger partial charge in [-0.2, -0.15) is 5.26 Å². The molecule has 0 aromatic heterocycles. The summed E-state index contributed by atoms with van der Waals surface area (Å²) >= 11 is 0. The van der Waals surface area contributed by atoms with E-state index >= 15 is 0 Å². The maximum Gasteiger partial charge on any atom is 0.258 e. The van der Waals surface area contributed by atoms with E-state index in [4.69, 9.17) is 0 Å². The number of benzene rings is 2. The van der Waals surface area contributed by atoms with Crippen LogP contribution in [0.25, 0.3) is 0 Å². The van der Waals surface area contributed by atoms with E-state index in [-0.39, 0.29) is 11.7 Å². The highest BCUT2D eigenvalue weighted by Crippen LogP contribution is 2.29. The molecule has 0 radical (unpaired) electrons. The van der Waals surface area contributed by atoms with Gasteiger partial charge in [-0.1, -0.05) is 37.3 Å². The summed E-state index contributed by atoms with van der Waals surface area (Å²) in [6.07, 6.45) is 0.333. The van der Waals surface area contributed by atoms with Gasteiger partial charge in [0.15, 0.2) is 5.78 Å². The molecule has 23 heavy (non-hydrogen) atoms. The number of nitrogens with zero attached hydrogens (tertiary/aromatic N) is 2. The van der Waals surface area contributed by atoms with Crippen molar-refractivity contribution in [3.05, 3.63) is 65.2 Å². The summed E-state index contributed by atoms with van der Waals surface area (Å²) in [6, 6.07) is 16.7. The fraction of sp³-hybridized carbons (Fsp3) is 0.211. The first-order valence-electron chi connectivity index (χ1n) is 7.57. The van der Waals surface area contributed by atoms with Crippen LogP contribution in [0.3, 0.4) is 0 Å². The standard InChI is InChI=1S/C19H16N2O2/c1-2-18(22)17(11-20)13-7-9-15(10-8-13)21-12-14-5-3-4-6-16(14)19(21)23/h3-10,17H,2,12H2,1H3/t17-/m0/s1. The largest absolute Gasteiger partial charge is 0.304 e. The van der Waals surface area contributed by atoms with Gasteiger partial charge in [0.2, 0.25) is 0 Å². The fourth-order valence-corrected chi connectivity index (χ4v) is 2.85. The van der Waals surface area contributed by atoms with Crippen molar-refractivity contribution in [3.63, 3.8) is 0 Å². The number of anilines is 1. The SMILES string of the molecule is CCC(=O)[C@@H](C#N)c1ccc(N2Cc3ccccc3C2=O)cc1. The molecule has 114 valence electrons. The molecule has 0 fully saturated rings. The van der Waals surface area contributed by atoms with Gasteiger partial charge >= 0.3 is 0 Å². The first-order chi connectivity index (χ1) is 11.2. The number of hydrogen-bond donors (Lipinski definition) is 0. The van der Waals surface area contributed by atoms with E-state index in [1.165, 1.54) is 0 Å². The number of nitriles is 1. The van der Waals surface area contributed by atoms with Gasteiger partial charge in [0, 0.05) is 17.7 Å². The summed E-state index contributed by atoms with van der Waals surface area (Å²) in [5, 5.41) is 9.19. The third-order valence-electron chi connectivity index (χ3n) is 4.16. The quantitative estimate of drug-likeness (QED) is 0.869. The summed E-state index contributed by atoms with van der Waals surface area (Å²) in [4.78, 5) is 26.0. The minimum Gasteiger partial charge on any atom is -0.304 e. The van der Waals surface area contributed by atoms with Crippen LogP contribution in [-0.2, 0) is 11.3 Å². The summed E-state index contributed by atoms with van der Waals surface area (Å²) in [5.74, 6) is -0.847. The van der Waals surface area contributed by atoms with Crippen molar-refractivity contribution in [2.24, 2.45) is 0 Å². The van der Waals surface area contributed by atoms with Crippen LogP contribution in [0.2, 0.25) is 0 Å². The van der Waals surface area contributed by atoms with Gasteiger partial charge < -0.3 is 4.90 Å². The molecule has 4 heteroatoms. The zero-order chi connectivity index (χ0) is 16.4. The number of rotatable bonds is 4. The van der Waals surface area contributed by atoms with Crippen molar-refractivity contribution < 1.29 is 9.59 Å². The first-order valence-corrected chi connectivity index (χ1v) is 7.57. The molecule has 0 unspecified atom stereocenters. The van der Waals surface area contributed by atoms with Crippen molar-refractivity contribution in [1.82, 2.24) is 0 Å². The van der Waals surface area contributed by atoms with E-state index in [2.05, 4.69) is 6.07 Å². The van der Waals surface area contributed by atoms with E-state index < -0.39 is 5.92 Å². The molecule has 3 rings (SSSR count). The summed E-state index contributed by atoms with van der Waals surface area (Å²) in [7, 11) is 0. The van der Waals surface area contributed by atoms with Gasteiger partial charge in [0.05, 0.1) is 12.6 Å². The van der Waals surface area contributed by atoms with Crippen molar-refractivity contribution in [3.8, 4) is 6.07 Å². The van der Waals surface area contributed by atoms with Crippen molar-refractivity contribution >= 4 is 17.4 Å². The Morgan fingerprint density at radius 2 is 1.91 bits per heavy atom. The molecule has 0 aliphatic carbocycles. The highest BCUT2D eigenvalue weighted by Gasteiger charge is 2.28. The molecule has 0 bridgehead atoms. The number of amides is 1. The molecule has 4 nitrogen and oxygen atoms in total. The first kappa shape index (κ1) is 15.0. The Morgan fingerprint density at radius 3 is 2.52 bits per heavy atom. The lowest BCUT2D eigenvalue weighted by atomic mass is 9.94. The monoisotopic (exact) mass is 304 g/mol. The second kappa shape index (κ2) is 6.05. The molecule has 1 atom stereocenters. The molecule has 0 saturated carbocycles. The van der Waals surface area contributed by atoms with Gasteiger partial charge in [-0.25, -0.2) is 0 Å². The second-order valence-electron chi connectivity index (χ2n) is 5.52. The van der Waals surface area contributed by atoms with Crippen LogP contribution < -0.4 is 4.90 Å². The summed E-state index contributed by atoms with van der Waals surface area (Å²) < 4.78 is 0. The Hall–Kier alpha value is -2.93. The Bertz CT molecular complexity index is 803. The van der Waals surface area contributed by atoms with Crippen LogP contribution in [-0.4, -0.2) is 11.7 Å². The van der Waals surface area contributed by atoms with Crippen LogP contribution >= 0.6 is 0 Å². The third-order valence-corrected chi connectivity index (χ3v) is 4.16. The molecule has 0 N–H and O–H groups in total. The smallest absolute Gasteiger partial charge is 0.258 e. The maximum atomic E-state index is 12.4. The molecule has 0 spiro atoms. The lowest BCUT2D eigenvalue weighted by Gasteiger charge is -2.17. The van der Waals surface area contributed by atoms with Crippen molar-refractivity contribution in [2.75, 3.05) is 4.90 Å². The Balaban J connectivity index is 1.86. The van der Waals surface area contributed by atoms with Crippen LogP contribution in [0.1, 0.15) is 40.7 Å². The predicted molar refractivity (Wildman–Crippen MR) is 87.0 cm³/mol. The van der Waals surface area contributed by atoms with E-state index in [1.807, 2.05) is 24.3 Å². The van der Waals surface area contributed by atoms with E-state index in [9.17, 15) is 14.9 Å². The average molecular weight is 304 g/mol. The molecule has 1 amide bonds. The van der Waals surface area contributed by atoms with Gasteiger partial charge in [-0.3, -0.25) is 9.59 Å². The highest BCUT2D eigenvalue weighted by molar-refractivity contribution is 6.10. The molecule has 1 heterocycles. The van der Waals surface area contributed by atoms with Crippen LogP contribution in [0.5, 0.6) is 0 Å². The van der Waals surface area contributed by atoms with Gasteiger partial charge in [-0.05, 0) is 29.3 Å². The molecule has 1 aliphatic heterocycles. The predicted octanol–water partition coefficient (Wildman–Crippen LogP) is 3.43. The molecule has 1 aliphatic rings. The van der Waals surface area contributed by atoms with E-state index in [0.717, 1.165) is 16.8 Å². The number of carbonyl (C=O) groups excluding carboxylic acids is 2. The Kier molecular flexibility index (Phi) is 3.94. The number of fused-ring (bicyclic) bond motifs is 1. The van der Waals surface area contributed by atoms with Crippen LogP contribution in [0.15, 0.2) is 48.5 Å². The average Bonchev–Trinajstić information content (AvgIpc) is 2.93. The minimum atomic E-state index is -0.736. The Labute approximate surface area is 135 Å². The summed E-state index contributed by atoms with van der Waals surface area (Å²) in [5.41, 5.74) is 3.19. The molecule has 2 aromatic rings. The number of hydrogen-bond acceptors (Lipinski definition) is 3. The van der Waals surface area contributed by atoms with Crippen molar-refractivity contribution in [1.29, 1.82) is 5.26 Å². The van der Waals surface area contributed by atoms with E-state index in [1.54, 1.807) is 36.1 Å². The van der Waals surface area contributed by atoms with Crippen LogP contribution in [0, 0.1) is 11.3 Å². The third kappa shape index (κ3) is 2.62. The van der Waals surface area contributed by atoms with Crippen LogP contribution in [0.4, 0.5) is 5.69 Å². The normalized spacial score (nSPS) is 14.3. The topological polar surface area (TPSA) is 61.2 Å². The molecular weight excluding hydrogens is 288 g/mol. The zero-order valence-corrected chi connectivity index (χ0v) is 12.8. The number of Topliss-reactive ketones (excluding diaryl/α,β-unsaturated/α-hetero) is 1. The van der Waals surface area contributed by atoms with Gasteiger partial charge in [0.25, 0.3) is 5.91 Å². The Morgan fingerprint density at radius 1 is 1.22 bits per heavy atom. The van der Waals surface area contributed by atoms with Crippen molar-refractivity contribution in [2.45, 2.75) is 25.8 Å². The number of carbonyl (C=O) groups is 2. The molecular formula is C19H16N2O2. The highest BCUT2D eigenvalue weighted by atomic mass is 16.2. The molecule has 0 saturated heterocycles. The minimum absolute atomic E-state index is 0.0187. The molecule has 2 aromatic carbocycles.